The number of carbonyl (C=O) groups excluding carboxylic acids is 2. The van der Waals surface area contributed by atoms with Crippen molar-refractivity contribution < 1.29 is 28.9 Å². The molecule has 0 saturated heterocycles. The molecular formula is C19H26O6. The molecule has 6 nitrogen and oxygen atoms in total. The summed E-state index contributed by atoms with van der Waals surface area (Å²) in [5.74, 6) is -0.478. The predicted molar refractivity (Wildman–Crippen MR) is 94.0 cm³/mol. The Morgan fingerprint density at radius 2 is 1.76 bits per heavy atom. The summed E-state index contributed by atoms with van der Waals surface area (Å²) in [6.07, 6.45) is 2.78. The first-order valence-corrected chi connectivity index (χ1v) is 8.34. The Morgan fingerprint density at radius 3 is 2.36 bits per heavy atom. The maximum absolute atomic E-state index is 11.6. The molecule has 1 rings (SSSR count). The number of hydrogen-bond acceptors (Lipinski definition) is 6. The highest BCUT2D eigenvalue weighted by Gasteiger charge is 2.13. The Kier molecular flexibility index (Phi) is 9.32. The van der Waals surface area contributed by atoms with Crippen molar-refractivity contribution in [3.05, 3.63) is 35.9 Å². The predicted octanol–water partition coefficient (Wildman–Crippen LogP) is 2.59. The van der Waals surface area contributed by atoms with Crippen LogP contribution in [0, 0.1) is 5.92 Å². The average molecular weight is 350 g/mol. The van der Waals surface area contributed by atoms with Gasteiger partial charge in [0.1, 0.15) is 25.1 Å². The summed E-state index contributed by atoms with van der Waals surface area (Å²) in [5, 5.41) is 9.62. The summed E-state index contributed by atoms with van der Waals surface area (Å²) in [4.78, 5) is 22.9. The van der Waals surface area contributed by atoms with Crippen molar-refractivity contribution in [2.45, 2.75) is 33.3 Å². The minimum absolute atomic E-state index is 0.201. The minimum atomic E-state index is -1.05. The van der Waals surface area contributed by atoms with Crippen LogP contribution in [0.2, 0.25) is 0 Å². The van der Waals surface area contributed by atoms with Crippen LogP contribution in [0.25, 0.3) is 6.08 Å². The first-order valence-electron chi connectivity index (χ1n) is 8.34. The van der Waals surface area contributed by atoms with Gasteiger partial charge >= 0.3 is 11.9 Å². The molecule has 0 saturated carbocycles. The Labute approximate surface area is 148 Å². The lowest BCUT2D eigenvalue weighted by Crippen LogP contribution is -2.26. The van der Waals surface area contributed by atoms with Crippen molar-refractivity contribution >= 4 is 18.0 Å². The summed E-state index contributed by atoms with van der Waals surface area (Å²) >= 11 is 0. The van der Waals surface area contributed by atoms with Gasteiger partial charge in [-0.05, 0) is 30.2 Å². The van der Waals surface area contributed by atoms with E-state index in [0.29, 0.717) is 6.61 Å². The van der Waals surface area contributed by atoms with Crippen molar-refractivity contribution in [3.8, 4) is 5.75 Å². The van der Waals surface area contributed by atoms with E-state index in [1.807, 2.05) is 31.2 Å². The molecule has 0 fully saturated rings. The van der Waals surface area contributed by atoms with Crippen LogP contribution in [-0.2, 0) is 19.1 Å². The Balaban J connectivity index is 2.33. The quantitative estimate of drug-likeness (QED) is 0.516. The van der Waals surface area contributed by atoms with Gasteiger partial charge in [-0.2, -0.15) is 0 Å². The Bertz CT molecular complexity index is 562. The van der Waals surface area contributed by atoms with E-state index in [2.05, 4.69) is 0 Å². The maximum atomic E-state index is 11.6. The fourth-order valence-electron chi connectivity index (χ4n) is 1.68. The topological polar surface area (TPSA) is 82.1 Å². The highest BCUT2D eigenvalue weighted by molar-refractivity contribution is 5.87. The van der Waals surface area contributed by atoms with Gasteiger partial charge in [0.05, 0.1) is 12.5 Å². The van der Waals surface area contributed by atoms with Crippen LogP contribution in [0.1, 0.15) is 32.8 Å². The van der Waals surface area contributed by atoms with E-state index in [-0.39, 0.29) is 19.1 Å². The van der Waals surface area contributed by atoms with E-state index < -0.39 is 18.0 Å². The molecule has 25 heavy (non-hydrogen) atoms. The zero-order chi connectivity index (χ0) is 18.7. The highest BCUT2D eigenvalue weighted by atomic mass is 16.6. The largest absolute Gasteiger partial charge is 0.494 e. The number of benzene rings is 1. The zero-order valence-electron chi connectivity index (χ0n) is 14.9. The van der Waals surface area contributed by atoms with Crippen LogP contribution in [0.15, 0.2) is 30.3 Å². The van der Waals surface area contributed by atoms with Gasteiger partial charge in [-0.1, -0.05) is 32.9 Å². The maximum Gasteiger partial charge on any atom is 0.330 e. The van der Waals surface area contributed by atoms with E-state index in [9.17, 15) is 14.7 Å². The molecule has 0 aromatic heterocycles. The van der Waals surface area contributed by atoms with Crippen molar-refractivity contribution in [1.82, 2.24) is 0 Å². The zero-order valence-corrected chi connectivity index (χ0v) is 14.9. The van der Waals surface area contributed by atoms with E-state index in [0.717, 1.165) is 17.7 Å². The van der Waals surface area contributed by atoms with Gasteiger partial charge in [0.25, 0.3) is 0 Å². The number of aliphatic hydroxyl groups is 1. The van der Waals surface area contributed by atoms with Gasteiger partial charge in [-0.15, -0.1) is 0 Å². The van der Waals surface area contributed by atoms with Crippen LogP contribution in [0.5, 0.6) is 5.75 Å². The second kappa shape index (κ2) is 11.3. The molecule has 0 heterocycles. The standard InChI is InChI=1S/C19H26O6/c1-4-11-23-17-8-5-15(6-9-17)7-10-18(21)24-12-16(20)13-25-19(22)14(2)3/h5-10,14,16,20H,4,11-13H2,1-3H3/b10-7+. The summed E-state index contributed by atoms with van der Waals surface area (Å²) in [5.41, 5.74) is 0.826. The lowest BCUT2D eigenvalue weighted by atomic mass is 10.2. The molecule has 1 aromatic rings. The molecule has 1 unspecified atom stereocenters. The normalized spacial score (nSPS) is 12.2. The van der Waals surface area contributed by atoms with Crippen molar-refractivity contribution in [1.29, 1.82) is 0 Å². The van der Waals surface area contributed by atoms with Crippen LogP contribution in [0.3, 0.4) is 0 Å². The van der Waals surface area contributed by atoms with Crippen LogP contribution in [-0.4, -0.2) is 43.0 Å². The van der Waals surface area contributed by atoms with Gasteiger partial charge in [-0.25, -0.2) is 4.79 Å². The van der Waals surface area contributed by atoms with Gasteiger partial charge in [-0.3, -0.25) is 4.79 Å². The van der Waals surface area contributed by atoms with E-state index in [1.165, 1.54) is 6.08 Å². The molecule has 0 aliphatic rings. The number of hydrogen-bond donors (Lipinski definition) is 1. The molecule has 6 heteroatoms. The van der Waals surface area contributed by atoms with Gasteiger partial charge in [0, 0.05) is 6.08 Å². The third-order valence-electron chi connectivity index (χ3n) is 3.07. The molecular weight excluding hydrogens is 324 g/mol. The van der Waals surface area contributed by atoms with Crippen molar-refractivity contribution in [2.24, 2.45) is 5.92 Å². The second-order valence-electron chi connectivity index (χ2n) is 5.82. The smallest absolute Gasteiger partial charge is 0.330 e. The van der Waals surface area contributed by atoms with Crippen LogP contribution >= 0.6 is 0 Å². The van der Waals surface area contributed by atoms with Crippen LogP contribution in [0.4, 0.5) is 0 Å². The summed E-state index contributed by atoms with van der Waals surface area (Å²) < 4.78 is 15.2. The minimum Gasteiger partial charge on any atom is -0.494 e. The molecule has 138 valence electrons. The number of rotatable bonds is 10. The lowest BCUT2D eigenvalue weighted by Gasteiger charge is -2.12. The summed E-state index contributed by atoms with van der Waals surface area (Å²) in [7, 11) is 0. The second-order valence-corrected chi connectivity index (χ2v) is 5.82. The van der Waals surface area contributed by atoms with E-state index in [1.54, 1.807) is 19.9 Å². The molecule has 1 aromatic carbocycles. The third kappa shape index (κ3) is 8.91. The average Bonchev–Trinajstić information content (AvgIpc) is 2.61. The highest BCUT2D eigenvalue weighted by Crippen LogP contribution is 2.13. The third-order valence-corrected chi connectivity index (χ3v) is 3.07. The van der Waals surface area contributed by atoms with E-state index >= 15 is 0 Å². The Hall–Kier alpha value is -2.34. The molecule has 0 radical (unpaired) electrons. The van der Waals surface area contributed by atoms with Crippen LogP contribution < -0.4 is 4.74 Å². The van der Waals surface area contributed by atoms with Crippen molar-refractivity contribution in [2.75, 3.05) is 19.8 Å². The van der Waals surface area contributed by atoms with Crippen molar-refractivity contribution in [3.63, 3.8) is 0 Å². The Morgan fingerprint density at radius 1 is 1.12 bits per heavy atom. The summed E-state index contributed by atoms with van der Waals surface area (Å²) in [6, 6.07) is 7.31. The number of carbonyl (C=O) groups is 2. The number of ether oxygens (including phenoxy) is 3. The number of esters is 2. The monoisotopic (exact) mass is 350 g/mol. The van der Waals surface area contributed by atoms with Gasteiger partial charge in [0.2, 0.25) is 0 Å². The SMILES string of the molecule is CCCOc1ccc(/C=C/C(=O)OCC(O)COC(=O)C(C)C)cc1. The molecule has 0 amide bonds. The van der Waals surface area contributed by atoms with Gasteiger partial charge < -0.3 is 19.3 Å². The molecule has 0 aliphatic heterocycles. The number of aliphatic hydroxyl groups excluding tert-OH is 1. The molecule has 0 spiro atoms. The molecule has 0 aliphatic carbocycles. The first kappa shape index (κ1) is 20.7. The molecule has 1 N–H and O–H groups in total. The fraction of sp³-hybridized carbons (Fsp3) is 0.474. The van der Waals surface area contributed by atoms with Gasteiger partial charge in [0.15, 0.2) is 0 Å². The fourth-order valence-corrected chi connectivity index (χ4v) is 1.68. The lowest BCUT2D eigenvalue weighted by molar-refractivity contribution is -0.153. The molecule has 0 bridgehead atoms. The first-order chi connectivity index (χ1) is 11.9. The molecule has 1 atom stereocenters. The summed E-state index contributed by atoms with van der Waals surface area (Å²) in [6.45, 7) is 5.65. The van der Waals surface area contributed by atoms with E-state index in [4.69, 9.17) is 14.2 Å².